The van der Waals surface area contributed by atoms with Crippen molar-refractivity contribution < 1.29 is 18.2 Å². The fourth-order valence-electron chi connectivity index (χ4n) is 3.03. The Morgan fingerprint density at radius 2 is 1.92 bits per heavy atom. The molecule has 0 N–H and O–H groups in total. The van der Waals surface area contributed by atoms with E-state index in [0.29, 0.717) is 21.8 Å². The maximum atomic E-state index is 13.3. The monoisotopic (exact) mass is 353 g/mol. The van der Waals surface area contributed by atoms with Gasteiger partial charge in [0.1, 0.15) is 5.75 Å². The Hall–Kier alpha value is -2.86. The lowest BCUT2D eigenvalue weighted by Gasteiger charge is -2.21. The number of methoxy groups -OCH3 is 1. The minimum atomic E-state index is -2.82. The highest BCUT2D eigenvalue weighted by Crippen LogP contribution is 2.39. The van der Waals surface area contributed by atoms with Crippen molar-refractivity contribution in [1.29, 1.82) is 0 Å². The van der Waals surface area contributed by atoms with Crippen molar-refractivity contribution in [1.82, 2.24) is 0 Å². The van der Waals surface area contributed by atoms with Gasteiger partial charge in [0, 0.05) is 16.0 Å². The van der Waals surface area contributed by atoms with Crippen LogP contribution >= 0.6 is 0 Å². The fraction of sp³-hybridized carbons (Fsp3) is 0.105. The summed E-state index contributed by atoms with van der Waals surface area (Å²) in [7, 11) is -1.31. The Kier molecular flexibility index (Phi) is 3.69. The number of benzene rings is 2. The second-order valence-electron chi connectivity index (χ2n) is 5.69. The Morgan fingerprint density at radius 1 is 1.12 bits per heavy atom. The van der Waals surface area contributed by atoms with Crippen molar-refractivity contribution in [3.63, 3.8) is 0 Å². The van der Waals surface area contributed by atoms with E-state index in [-0.39, 0.29) is 5.75 Å². The molecule has 1 amide bonds. The normalized spacial score (nSPS) is 19.2. The van der Waals surface area contributed by atoms with Gasteiger partial charge in [-0.3, -0.25) is 4.79 Å². The maximum Gasteiger partial charge on any atom is 0.289 e. The van der Waals surface area contributed by atoms with Gasteiger partial charge in [-0.25, -0.2) is 4.21 Å². The molecule has 1 atom stereocenters. The highest BCUT2D eigenvalue weighted by Gasteiger charge is 2.30. The molecule has 25 heavy (non-hydrogen) atoms. The Morgan fingerprint density at radius 3 is 2.60 bits per heavy atom. The largest absolute Gasteiger partial charge is 0.495 e. The average Bonchev–Trinajstić information content (AvgIpc) is 3.16. The van der Waals surface area contributed by atoms with Gasteiger partial charge in [0.05, 0.1) is 40.7 Å². The predicted octanol–water partition coefficient (Wildman–Crippen LogP) is 4.14. The van der Waals surface area contributed by atoms with E-state index in [1.54, 1.807) is 42.9 Å². The summed E-state index contributed by atoms with van der Waals surface area (Å²) in [6.45, 7) is 0. The summed E-state index contributed by atoms with van der Waals surface area (Å²) < 4.78 is 27.9. The van der Waals surface area contributed by atoms with Crippen molar-refractivity contribution >= 4 is 15.6 Å². The van der Waals surface area contributed by atoms with E-state index in [1.165, 1.54) is 7.11 Å². The van der Waals surface area contributed by atoms with Gasteiger partial charge in [-0.05, 0) is 23.8 Å². The van der Waals surface area contributed by atoms with Gasteiger partial charge in [0.2, 0.25) is 0 Å². The fourth-order valence-corrected chi connectivity index (χ4v) is 4.97. The van der Waals surface area contributed by atoms with E-state index < -0.39 is 15.6 Å². The molecule has 2 aromatic carbocycles. The van der Waals surface area contributed by atoms with Gasteiger partial charge in [-0.1, -0.05) is 30.3 Å². The van der Waals surface area contributed by atoms with Crippen molar-refractivity contribution in [2.24, 2.45) is 4.36 Å². The topological polar surface area (TPSA) is 68.9 Å². The minimum absolute atomic E-state index is 0.181. The van der Waals surface area contributed by atoms with Gasteiger partial charge >= 0.3 is 0 Å². The van der Waals surface area contributed by atoms with Crippen LogP contribution in [0.5, 0.6) is 5.75 Å². The third-order valence-electron chi connectivity index (χ3n) is 4.19. The Bertz CT molecular complexity index is 1060. The number of carbonyl (C=O) groups excluding carboxylic acids is 1. The smallest absolute Gasteiger partial charge is 0.289 e. The van der Waals surface area contributed by atoms with Gasteiger partial charge in [-0.15, -0.1) is 0 Å². The molecule has 3 aromatic rings. The number of nitrogens with zero attached hydrogens (tertiary/aromatic N) is 1. The van der Waals surface area contributed by atoms with Crippen LogP contribution in [0, 0.1) is 0 Å². The summed E-state index contributed by atoms with van der Waals surface area (Å²) in [5.41, 5.74) is 2.60. The molecular formula is C19H15NO4S. The number of furan rings is 1. The molecule has 1 aliphatic heterocycles. The summed E-state index contributed by atoms with van der Waals surface area (Å²) in [5, 5.41) is 0. The molecule has 0 saturated carbocycles. The average molecular weight is 353 g/mol. The molecule has 0 fully saturated rings. The van der Waals surface area contributed by atoms with Gasteiger partial charge in [0.25, 0.3) is 5.91 Å². The first-order chi connectivity index (χ1) is 12.1. The maximum absolute atomic E-state index is 13.3. The summed E-state index contributed by atoms with van der Waals surface area (Å²) in [4.78, 5) is 13.3. The van der Waals surface area contributed by atoms with Crippen molar-refractivity contribution in [2.45, 2.75) is 10.6 Å². The number of ether oxygens (including phenoxy) is 1. The number of hydrogen-bond donors (Lipinski definition) is 0. The number of rotatable bonds is 3. The van der Waals surface area contributed by atoms with Crippen LogP contribution < -0.4 is 4.74 Å². The third kappa shape index (κ3) is 2.55. The van der Waals surface area contributed by atoms with Gasteiger partial charge < -0.3 is 9.15 Å². The molecule has 0 aliphatic carbocycles. The molecule has 1 aliphatic rings. The molecule has 2 heterocycles. The molecule has 5 nitrogen and oxygen atoms in total. The van der Waals surface area contributed by atoms with E-state index in [2.05, 4.69) is 4.36 Å². The zero-order valence-corrected chi connectivity index (χ0v) is 14.3. The summed E-state index contributed by atoms with van der Waals surface area (Å²) in [6, 6.07) is 14.4. The first kappa shape index (κ1) is 15.7. The molecule has 126 valence electrons. The molecule has 1 unspecified atom stereocenters. The van der Waals surface area contributed by atoms with E-state index in [0.717, 1.165) is 11.1 Å². The summed E-state index contributed by atoms with van der Waals surface area (Å²) in [6.07, 6.45) is 3.14. The molecule has 0 bridgehead atoms. The molecule has 4 rings (SSSR count). The number of carbonyl (C=O) groups is 1. The molecular weight excluding hydrogens is 338 g/mol. The molecule has 0 spiro atoms. The SMILES string of the molecule is COc1c(-c2ccoc2)ccc2c1C(=O)N=S(=O)(c1ccccc1)C2. The van der Waals surface area contributed by atoms with E-state index in [9.17, 15) is 9.00 Å². The predicted molar refractivity (Wildman–Crippen MR) is 94.0 cm³/mol. The highest BCUT2D eigenvalue weighted by molar-refractivity contribution is 7.93. The molecule has 6 heteroatoms. The number of fused-ring (bicyclic) bond motifs is 1. The van der Waals surface area contributed by atoms with E-state index in [4.69, 9.17) is 9.15 Å². The highest BCUT2D eigenvalue weighted by atomic mass is 32.2. The van der Waals surface area contributed by atoms with Crippen LogP contribution in [-0.2, 0) is 15.5 Å². The molecule has 1 aromatic heterocycles. The van der Waals surface area contributed by atoms with Crippen molar-refractivity contribution in [3.05, 3.63) is 72.2 Å². The van der Waals surface area contributed by atoms with E-state index in [1.807, 2.05) is 18.2 Å². The van der Waals surface area contributed by atoms with Crippen LogP contribution in [0.4, 0.5) is 0 Å². The third-order valence-corrected chi connectivity index (χ3v) is 6.36. The Labute approximate surface area is 145 Å². The summed E-state index contributed by atoms with van der Waals surface area (Å²) in [5.74, 6) is 0.0968. The van der Waals surface area contributed by atoms with Crippen LogP contribution in [0.3, 0.4) is 0 Å². The second-order valence-corrected chi connectivity index (χ2v) is 7.91. The standard InChI is InChI=1S/C19H15NO4S/c1-23-18-16(13-9-10-24-11-13)8-7-14-12-25(22,20-19(21)17(14)18)15-5-3-2-4-6-15/h2-11H,12H2,1H3. The number of amides is 1. The van der Waals surface area contributed by atoms with Crippen LogP contribution in [0.25, 0.3) is 11.1 Å². The van der Waals surface area contributed by atoms with Gasteiger partial charge in [0.15, 0.2) is 0 Å². The van der Waals surface area contributed by atoms with Crippen molar-refractivity contribution in [3.8, 4) is 16.9 Å². The van der Waals surface area contributed by atoms with Gasteiger partial charge in [-0.2, -0.15) is 4.36 Å². The lowest BCUT2D eigenvalue weighted by molar-refractivity contribution is 0.1000. The lowest BCUT2D eigenvalue weighted by atomic mass is 9.99. The Balaban J connectivity index is 1.89. The van der Waals surface area contributed by atoms with Crippen LogP contribution in [-0.4, -0.2) is 17.2 Å². The first-order valence-corrected chi connectivity index (χ1v) is 9.37. The first-order valence-electron chi connectivity index (χ1n) is 7.69. The van der Waals surface area contributed by atoms with Crippen LogP contribution in [0.1, 0.15) is 15.9 Å². The van der Waals surface area contributed by atoms with Crippen molar-refractivity contribution in [2.75, 3.05) is 7.11 Å². The second kappa shape index (κ2) is 5.89. The number of hydrogen-bond acceptors (Lipinski definition) is 4. The lowest BCUT2D eigenvalue weighted by Crippen LogP contribution is -2.18. The summed E-state index contributed by atoms with van der Waals surface area (Å²) >= 11 is 0. The quantitative estimate of drug-likeness (QED) is 0.710. The zero-order chi connectivity index (χ0) is 17.4. The molecule has 0 saturated heterocycles. The zero-order valence-electron chi connectivity index (χ0n) is 13.5. The van der Waals surface area contributed by atoms with Crippen LogP contribution in [0.15, 0.2) is 74.7 Å². The van der Waals surface area contributed by atoms with E-state index >= 15 is 0 Å². The van der Waals surface area contributed by atoms with Crippen LogP contribution in [0.2, 0.25) is 0 Å². The minimum Gasteiger partial charge on any atom is -0.495 e. The molecule has 0 radical (unpaired) electrons.